The lowest BCUT2D eigenvalue weighted by Crippen LogP contribution is -2.51. The van der Waals surface area contributed by atoms with Crippen molar-refractivity contribution in [2.45, 2.75) is 51.6 Å². The Balaban J connectivity index is 1.89. The van der Waals surface area contributed by atoms with Gasteiger partial charge in [0.15, 0.2) is 0 Å². The normalized spacial score (nSPS) is 30.5. The molecule has 2 heterocycles. The zero-order valence-electron chi connectivity index (χ0n) is 12.5. The van der Waals surface area contributed by atoms with E-state index < -0.39 is 0 Å². The second-order valence-electron chi connectivity index (χ2n) is 6.70. The van der Waals surface area contributed by atoms with Crippen LogP contribution in [0.25, 0.3) is 0 Å². The third kappa shape index (κ3) is 4.22. The second-order valence-corrected chi connectivity index (χ2v) is 6.70. The lowest BCUT2D eigenvalue weighted by Gasteiger charge is -2.40. The fraction of sp³-hybridized carbons (Fsp3) is 1.00. The molecule has 2 rings (SSSR count). The summed E-state index contributed by atoms with van der Waals surface area (Å²) in [5, 5.41) is 3.66. The SMILES string of the molecule is CC(C)CN(CC1CCCN1)C1CCCN(C)C1. The van der Waals surface area contributed by atoms with Crippen LogP contribution in [0.15, 0.2) is 0 Å². The number of hydrogen-bond acceptors (Lipinski definition) is 3. The van der Waals surface area contributed by atoms with Crippen LogP contribution < -0.4 is 5.32 Å². The van der Waals surface area contributed by atoms with E-state index in [1.54, 1.807) is 0 Å². The lowest BCUT2D eigenvalue weighted by molar-refractivity contribution is 0.0937. The van der Waals surface area contributed by atoms with Crippen molar-refractivity contribution >= 4 is 0 Å². The van der Waals surface area contributed by atoms with Crippen molar-refractivity contribution < 1.29 is 0 Å². The van der Waals surface area contributed by atoms with Gasteiger partial charge in [-0.2, -0.15) is 0 Å². The van der Waals surface area contributed by atoms with Gasteiger partial charge in [-0.25, -0.2) is 0 Å². The van der Waals surface area contributed by atoms with Gasteiger partial charge in [-0.1, -0.05) is 13.8 Å². The molecule has 2 aliphatic rings. The van der Waals surface area contributed by atoms with Gasteiger partial charge in [0.2, 0.25) is 0 Å². The Bertz CT molecular complexity index is 236. The van der Waals surface area contributed by atoms with Crippen molar-refractivity contribution in [3.8, 4) is 0 Å². The second kappa shape index (κ2) is 6.88. The van der Waals surface area contributed by atoms with Crippen LogP contribution in [0.4, 0.5) is 0 Å². The van der Waals surface area contributed by atoms with Crippen molar-refractivity contribution in [1.29, 1.82) is 0 Å². The Morgan fingerprint density at radius 1 is 1.28 bits per heavy atom. The number of nitrogens with zero attached hydrogens (tertiary/aromatic N) is 2. The third-order valence-electron chi connectivity index (χ3n) is 4.33. The highest BCUT2D eigenvalue weighted by Crippen LogP contribution is 2.18. The van der Waals surface area contributed by atoms with Gasteiger partial charge in [-0.05, 0) is 51.7 Å². The fourth-order valence-corrected chi connectivity index (χ4v) is 3.47. The van der Waals surface area contributed by atoms with E-state index >= 15 is 0 Å². The zero-order chi connectivity index (χ0) is 13.0. The smallest absolute Gasteiger partial charge is 0.0224 e. The Kier molecular flexibility index (Phi) is 5.46. The van der Waals surface area contributed by atoms with Crippen molar-refractivity contribution in [2.24, 2.45) is 5.92 Å². The topological polar surface area (TPSA) is 18.5 Å². The molecule has 0 amide bonds. The molecule has 0 aromatic rings. The van der Waals surface area contributed by atoms with Gasteiger partial charge in [0, 0.05) is 31.7 Å². The van der Waals surface area contributed by atoms with Gasteiger partial charge in [-0.3, -0.25) is 4.90 Å². The first-order valence-electron chi connectivity index (χ1n) is 7.81. The molecule has 0 aromatic carbocycles. The zero-order valence-corrected chi connectivity index (χ0v) is 12.5. The van der Waals surface area contributed by atoms with Crippen LogP contribution in [-0.2, 0) is 0 Å². The van der Waals surface area contributed by atoms with Gasteiger partial charge < -0.3 is 10.2 Å². The third-order valence-corrected chi connectivity index (χ3v) is 4.33. The van der Waals surface area contributed by atoms with Gasteiger partial charge >= 0.3 is 0 Å². The molecule has 3 nitrogen and oxygen atoms in total. The Morgan fingerprint density at radius 3 is 2.72 bits per heavy atom. The van der Waals surface area contributed by atoms with Crippen LogP contribution in [0.3, 0.4) is 0 Å². The van der Waals surface area contributed by atoms with E-state index in [-0.39, 0.29) is 0 Å². The number of nitrogens with one attached hydrogen (secondary N) is 1. The maximum atomic E-state index is 3.66. The highest BCUT2D eigenvalue weighted by Gasteiger charge is 2.27. The summed E-state index contributed by atoms with van der Waals surface area (Å²) in [6.45, 7) is 11.0. The Morgan fingerprint density at radius 2 is 2.11 bits per heavy atom. The molecule has 2 unspecified atom stereocenters. The summed E-state index contributed by atoms with van der Waals surface area (Å²) in [5.41, 5.74) is 0. The summed E-state index contributed by atoms with van der Waals surface area (Å²) in [6, 6.07) is 1.53. The standard InChI is InChI=1S/C15H31N3/c1-13(2)10-18(11-14-6-4-8-16-14)15-7-5-9-17(3)12-15/h13-16H,4-12H2,1-3H3. The number of rotatable bonds is 5. The van der Waals surface area contributed by atoms with E-state index in [9.17, 15) is 0 Å². The molecule has 0 aliphatic carbocycles. The molecule has 2 aliphatic heterocycles. The number of hydrogen-bond donors (Lipinski definition) is 1. The molecule has 18 heavy (non-hydrogen) atoms. The Hall–Kier alpha value is -0.120. The van der Waals surface area contributed by atoms with E-state index in [4.69, 9.17) is 0 Å². The highest BCUT2D eigenvalue weighted by atomic mass is 15.2. The molecule has 0 radical (unpaired) electrons. The fourth-order valence-electron chi connectivity index (χ4n) is 3.47. The monoisotopic (exact) mass is 253 g/mol. The van der Waals surface area contributed by atoms with Crippen molar-refractivity contribution in [3.63, 3.8) is 0 Å². The van der Waals surface area contributed by atoms with E-state index in [0.29, 0.717) is 0 Å². The molecule has 2 fully saturated rings. The summed E-state index contributed by atoms with van der Waals surface area (Å²) in [7, 11) is 2.27. The first kappa shape index (κ1) is 14.3. The van der Waals surface area contributed by atoms with Crippen LogP contribution in [-0.4, -0.2) is 61.7 Å². The molecule has 0 saturated carbocycles. The van der Waals surface area contributed by atoms with Crippen molar-refractivity contribution in [1.82, 2.24) is 15.1 Å². The molecule has 0 bridgehead atoms. The highest BCUT2D eigenvalue weighted by molar-refractivity contribution is 4.85. The van der Waals surface area contributed by atoms with Gasteiger partial charge in [0.1, 0.15) is 0 Å². The number of likely N-dealkylation sites (tertiary alicyclic amines) is 1. The number of likely N-dealkylation sites (N-methyl/N-ethyl adjacent to an activating group) is 1. The van der Waals surface area contributed by atoms with Gasteiger partial charge in [0.05, 0.1) is 0 Å². The summed E-state index contributed by atoms with van der Waals surface area (Å²) < 4.78 is 0. The first-order valence-corrected chi connectivity index (χ1v) is 7.81. The molecule has 0 spiro atoms. The maximum absolute atomic E-state index is 3.66. The average Bonchev–Trinajstić information content (AvgIpc) is 2.80. The first-order chi connectivity index (χ1) is 8.65. The van der Waals surface area contributed by atoms with Crippen LogP contribution in [0.5, 0.6) is 0 Å². The molecule has 2 saturated heterocycles. The minimum absolute atomic E-state index is 0.746. The van der Waals surface area contributed by atoms with E-state index in [2.05, 4.69) is 36.0 Å². The van der Waals surface area contributed by atoms with Gasteiger partial charge in [0.25, 0.3) is 0 Å². The van der Waals surface area contributed by atoms with E-state index in [1.807, 2.05) is 0 Å². The molecule has 2 atom stereocenters. The molecular weight excluding hydrogens is 222 g/mol. The van der Waals surface area contributed by atoms with E-state index in [1.165, 1.54) is 58.4 Å². The lowest BCUT2D eigenvalue weighted by atomic mass is 10.0. The van der Waals surface area contributed by atoms with Crippen LogP contribution in [0.2, 0.25) is 0 Å². The van der Waals surface area contributed by atoms with Crippen LogP contribution >= 0.6 is 0 Å². The molecule has 106 valence electrons. The van der Waals surface area contributed by atoms with Crippen molar-refractivity contribution in [3.05, 3.63) is 0 Å². The average molecular weight is 253 g/mol. The van der Waals surface area contributed by atoms with Crippen LogP contribution in [0, 0.1) is 5.92 Å². The molecule has 3 heteroatoms. The van der Waals surface area contributed by atoms with Crippen molar-refractivity contribution in [2.75, 3.05) is 39.8 Å². The maximum Gasteiger partial charge on any atom is 0.0224 e. The van der Waals surface area contributed by atoms with Gasteiger partial charge in [-0.15, -0.1) is 0 Å². The summed E-state index contributed by atoms with van der Waals surface area (Å²) in [6.07, 6.45) is 5.50. The predicted octanol–water partition coefficient (Wildman–Crippen LogP) is 1.79. The molecule has 0 aromatic heterocycles. The number of piperidine rings is 1. The minimum Gasteiger partial charge on any atom is -0.313 e. The summed E-state index contributed by atoms with van der Waals surface area (Å²) in [5.74, 6) is 0.777. The molecular formula is C15H31N3. The minimum atomic E-state index is 0.746. The summed E-state index contributed by atoms with van der Waals surface area (Å²) in [4.78, 5) is 5.27. The Labute approximate surface area is 113 Å². The quantitative estimate of drug-likeness (QED) is 0.806. The predicted molar refractivity (Wildman–Crippen MR) is 78.0 cm³/mol. The van der Waals surface area contributed by atoms with E-state index in [0.717, 1.165) is 18.0 Å². The summed E-state index contributed by atoms with van der Waals surface area (Å²) >= 11 is 0. The molecule has 1 N–H and O–H groups in total. The largest absolute Gasteiger partial charge is 0.313 e. The van der Waals surface area contributed by atoms with Crippen LogP contribution in [0.1, 0.15) is 39.5 Å².